The van der Waals surface area contributed by atoms with Crippen LogP contribution in [0.1, 0.15) is 0 Å². The number of aliphatic hydroxyl groups is 1. The fourth-order valence-electron chi connectivity index (χ4n) is 3.04. The second-order valence-corrected chi connectivity index (χ2v) is 7.06. The maximum absolute atomic E-state index is 12.3. The Morgan fingerprint density at radius 2 is 2.16 bits per heavy atom. The lowest BCUT2D eigenvalue weighted by atomic mass is 10.0. The Bertz CT molecular complexity index is 1030. The van der Waals surface area contributed by atoms with Crippen LogP contribution in [0.2, 0.25) is 0 Å². The Kier molecular flexibility index (Phi) is 3.88. The number of hydrogen-bond donors (Lipinski definition) is 3. The highest BCUT2D eigenvalue weighted by atomic mass is 127. The van der Waals surface area contributed by atoms with E-state index >= 15 is 0 Å². The van der Waals surface area contributed by atoms with Gasteiger partial charge in [-0.2, -0.15) is 0 Å². The van der Waals surface area contributed by atoms with Gasteiger partial charge in [-0.3, -0.25) is 4.79 Å². The van der Waals surface area contributed by atoms with Crippen LogP contribution in [0.15, 0.2) is 35.4 Å². The van der Waals surface area contributed by atoms with Gasteiger partial charge in [0.1, 0.15) is 11.3 Å². The summed E-state index contributed by atoms with van der Waals surface area (Å²) in [7, 11) is 3.29. The fraction of sp³-hybridized carbons (Fsp3) is 0.235. The lowest BCUT2D eigenvalue weighted by Gasteiger charge is -2.30. The van der Waals surface area contributed by atoms with Crippen LogP contribution in [0.3, 0.4) is 0 Å². The smallest absolute Gasteiger partial charge is 0.274 e. The average molecular weight is 453 g/mol. The fourth-order valence-corrected chi connectivity index (χ4v) is 3.47. The van der Waals surface area contributed by atoms with Crippen LogP contribution in [0, 0.1) is 0 Å². The van der Waals surface area contributed by atoms with E-state index in [1.54, 1.807) is 32.6 Å². The molecule has 0 aliphatic carbocycles. The van der Waals surface area contributed by atoms with E-state index in [2.05, 4.69) is 10.3 Å². The maximum atomic E-state index is 12.3. The number of aryl methyl sites for hydroxylation is 1. The van der Waals surface area contributed by atoms with Crippen molar-refractivity contribution in [3.63, 3.8) is 0 Å². The predicted molar refractivity (Wildman–Crippen MR) is 104 cm³/mol. The van der Waals surface area contributed by atoms with Crippen LogP contribution in [0.4, 0.5) is 5.69 Å². The molecule has 130 valence electrons. The standard InChI is InChI=1S/C17H16IN3O4/c1-21-7-11(9-3-4-19-13(9)17(21)23)10-5-8(24-2)6-12-14(10)25-15(18)16(22)20-12/h3-7,15-16,19-20,22H,1-2H3. The first-order valence-corrected chi connectivity index (χ1v) is 8.88. The molecule has 2 aromatic heterocycles. The molecule has 1 aliphatic rings. The number of pyridine rings is 1. The molecular weight excluding hydrogens is 437 g/mol. The third-order valence-corrected chi connectivity index (χ3v) is 5.20. The van der Waals surface area contributed by atoms with Gasteiger partial charge in [0.05, 0.1) is 12.8 Å². The average Bonchev–Trinajstić information content (AvgIpc) is 3.08. The molecule has 0 radical (unpaired) electrons. The molecule has 4 rings (SSSR count). The number of aliphatic hydroxyl groups excluding tert-OH is 1. The van der Waals surface area contributed by atoms with Gasteiger partial charge in [0.25, 0.3) is 5.56 Å². The number of aromatic amines is 1. The molecule has 0 saturated heterocycles. The topological polar surface area (TPSA) is 88.5 Å². The van der Waals surface area contributed by atoms with E-state index in [1.165, 1.54) is 4.57 Å². The number of rotatable bonds is 2. The zero-order valence-corrected chi connectivity index (χ0v) is 15.7. The minimum Gasteiger partial charge on any atom is -0.497 e. The van der Waals surface area contributed by atoms with E-state index in [0.29, 0.717) is 22.7 Å². The van der Waals surface area contributed by atoms with E-state index in [-0.39, 0.29) is 5.56 Å². The van der Waals surface area contributed by atoms with Gasteiger partial charge in [-0.1, -0.05) is 0 Å². The monoisotopic (exact) mass is 453 g/mol. The largest absolute Gasteiger partial charge is 0.497 e. The Morgan fingerprint density at radius 3 is 2.92 bits per heavy atom. The van der Waals surface area contributed by atoms with Crippen LogP contribution >= 0.6 is 22.6 Å². The van der Waals surface area contributed by atoms with Gasteiger partial charge in [0.2, 0.25) is 0 Å². The summed E-state index contributed by atoms with van der Waals surface area (Å²) in [6, 6.07) is 5.51. The van der Waals surface area contributed by atoms with Crippen molar-refractivity contribution in [3.8, 4) is 22.6 Å². The molecule has 7 nitrogen and oxygen atoms in total. The van der Waals surface area contributed by atoms with Crippen molar-refractivity contribution in [2.24, 2.45) is 7.05 Å². The first-order chi connectivity index (χ1) is 12.0. The second kappa shape index (κ2) is 5.95. The number of alkyl halides is 1. The minimum absolute atomic E-state index is 0.0956. The first-order valence-electron chi connectivity index (χ1n) is 7.64. The third kappa shape index (κ3) is 2.56. The van der Waals surface area contributed by atoms with Crippen molar-refractivity contribution < 1.29 is 14.6 Å². The van der Waals surface area contributed by atoms with E-state index in [9.17, 15) is 9.90 Å². The molecule has 0 saturated carbocycles. The lowest BCUT2D eigenvalue weighted by Crippen LogP contribution is -2.37. The number of hydrogen-bond acceptors (Lipinski definition) is 5. The van der Waals surface area contributed by atoms with Gasteiger partial charge in [0, 0.05) is 42.0 Å². The Morgan fingerprint density at radius 1 is 1.36 bits per heavy atom. The maximum Gasteiger partial charge on any atom is 0.274 e. The molecule has 1 aromatic carbocycles. The van der Waals surface area contributed by atoms with Crippen LogP contribution in [0.25, 0.3) is 22.0 Å². The molecule has 0 bridgehead atoms. The second-order valence-electron chi connectivity index (χ2n) is 5.84. The summed E-state index contributed by atoms with van der Waals surface area (Å²) in [5, 5.41) is 13.9. The molecule has 25 heavy (non-hydrogen) atoms. The highest BCUT2D eigenvalue weighted by Gasteiger charge is 2.29. The van der Waals surface area contributed by atoms with Crippen molar-refractivity contribution in [2.45, 2.75) is 10.3 Å². The molecule has 3 heterocycles. The van der Waals surface area contributed by atoms with Crippen molar-refractivity contribution in [1.29, 1.82) is 0 Å². The summed E-state index contributed by atoms with van der Waals surface area (Å²) in [6.45, 7) is 0. The van der Waals surface area contributed by atoms with Gasteiger partial charge in [-0.15, -0.1) is 0 Å². The molecule has 2 unspecified atom stereocenters. The molecular formula is C17H16IN3O4. The summed E-state index contributed by atoms with van der Waals surface area (Å²) in [5.41, 5.74) is 2.71. The van der Waals surface area contributed by atoms with Crippen molar-refractivity contribution in [3.05, 3.63) is 40.9 Å². The Hall–Kier alpha value is -2.20. The minimum atomic E-state index is -0.819. The summed E-state index contributed by atoms with van der Waals surface area (Å²) < 4.78 is 12.4. The van der Waals surface area contributed by atoms with Crippen molar-refractivity contribution in [2.75, 3.05) is 12.4 Å². The third-order valence-electron chi connectivity index (χ3n) is 4.26. The van der Waals surface area contributed by atoms with Gasteiger partial charge in [-0.25, -0.2) is 0 Å². The van der Waals surface area contributed by atoms with Crippen LogP contribution in [-0.4, -0.2) is 32.1 Å². The molecule has 3 aromatic rings. The summed E-state index contributed by atoms with van der Waals surface area (Å²) >= 11 is 2.04. The summed E-state index contributed by atoms with van der Waals surface area (Å²) in [6.07, 6.45) is 2.71. The Labute approximate surface area is 156 Å². The Balaban J connectivity index is 2.04. The van der Waals surface area contributed by atoms with E-state index in [4.69, 9.17) is 9.47 Å². The van der Waals surface area contributed by atoms with Gasteiger partial charge in [-0.05, 0) is 34.7 Å². The van der Waals surface area contributed by atoms with Gasteiger partial charge >= 0.3 is 0 Å². The number of H-pyrrole nitrogens is 1. The molecule has 8 heteroatoms. The number of nitrogens with one attached hydrogen (secondary N) is 2. The number of aromatic nitrogens is 2. The highest BCUT2D eigenvalue weighted by molar-refractivity contribution is 14.1. The molecule has 2 atom stereocenters. The normalized spacial score (nSPS) is 19.2. The number of anilines is 1. The number of methoxy groups -OCH3 is 1. The number of halogens is 1. The number of benzene rings is 1. The van der Waals surface area contributed by atoms with E-state index in [1.807, 2.05) is 34.7 Å². The predicted octanol–water partition coefficient (Wildman–Crippen LogP) is 2.43. The zero-order chi connectivity index (χ0) is 17.7. The van der Waals surface area contributed by atoms with E-state index < -0.39 is 10.3 Å². The van der Waals surface area contributed by atoms with Crippen LogP contribution < -0.4 is 20.3 Å². The number of nitrogens with zero attached hydrogens (tertiary/aromatic N) is 1. The molecule has 0 amide bonds. The summed E-state index contributed by atoms with van der Waals surface area (Å²) in [4.78, 5) is 15.3. The van der Waals surface area contributed by atoms with Crippen LogP contribution in [-0.2, 0) is 7.05 Å². The van der Waals surface area contributed by atoms with Gasteiger partial charge in [0.15, 0.2) is 16.1 Å². The van der Waals surface area contributed by atoms with Gasteiger partial charge < -0.3 is 29.4 Å². The lowest BCUT2D eigenvalue weighted by molar-refractivity contribution is 0.108. The quantitative estimate of drug-likeness (QED) is 0.410. The molecule has 0 spiro atoms. The first kappa shape index (κ1) is 16.3. The number of ether oxygens (including phenoxy) is 2. The van der Waals surface area contributed by atoms with Crippen LogP contribution in [0.5, 0.6) is 11.5 Å². The molecule has 1 aliphatic heterocycles. The zero-order valence-electron chi connectivity index (χ0n) is 13.5. The van der Waals surface area contributed by atoms with Crippen molar-refractivity contribution >= 4 is 39.2 Å². The SMILES string of the molecule is COc1cc2c(c(-c3cn(C)c(=O)c4[nH]ccc34)c1)OC(I)C(O)N2. The number of fused-ring (bicyclic) bond motifs is 2. The van der Waals surface area contributed by atoms with E-state index in [0.717, 1.165) is 16.5 Å². The summed E-state index contributed by atoms with van der Waals surface area (Å²) in [5.74, 6) is 1.24. The highest BCUT2D eigenvalue weighted by Crippen LogP contribution is 2.45. The molecule has 0 fully saturated rings. The van der Waals surface area contributed by atoms with Crippen molar-refractivity contribution in [1.82, 2.24) is 9.55 Å². The molecule has 3 N–H and O–H groups in total.